The number of benzene rings is 1. The number of sulfone groups is 1. The van der Waals surface area contributed by atoms with Crippen molar-refractivity contribution in [3.05, 3.63) is 23.8 Å². The van der Waals surface area contributed by atoms with Gasteiger partial charge >= 0.3 is 0 Å². The van der Waals surface area contributed by atoms with Gasteiger partial charge in [0.2, 0.25) is 12.7 Å². The van der Waals surface area contributed by atoms with Crippen LogP contribution in [0.1, 0.15) is 18.4 Å². The Bertz CT molecular complexity index is 711. The number of carbonyl (C=O) groups excluding carboxylic acids is 1. The molecule has 2 heterocycles. The van der Waals surface area contributed by atoms with E-state index >= 15 is 0 Å². The molecule has 2 N–H and O–H groups in total. The topological polar surface area (TPSA) is 93.7 Å². The molecule has 0 spiro atoms. The highest BCUT2D eigenvalue weighted by Crippen LogP contribution is 2.35. The van der Waals surface area contributed by atoms with Crippen molar-refractivity contribution in [3.8, 4) is 11.5 Å². The van der Waals surface area contributed by atoms with Crippen molar-refractivity contribution < 1.29 is 22.7 Å². The van der Waals surface area contributed by atoms with Crippen LogP contribution < -0.4 is 20.1 Å². The maximum absolute atomic E-state index is 12.7. The first-order valence-corrected chi connectivity index (χ1v) is 9.39. The van der Waals surface area contributed by atoms with Crippen LogP contribution in [0.2, 0.25) is 0 Å². The molecule has 2 aliphatic rings. The Morgan fingerprint density at radius 3 is 2.74 bits per heavy atom. The van der Waals surface area contributed by atoms with Gasteiger partial charge in [-0.25, -0.2) is 8.42 Å². The maximum Gasteiger partial charge on any atom is 0.241 e. The van der Waals surface area contributed by atoms with Crippen LogP contribution in [0.25, 0.3) is 0 Å². The lowest BCUT2D eigenvalue weighted by molar-refractivity contribution is -0.124. The summed E-state index contributed by atoms with van der Waals surface area (Å²) in [6.45, 7) is 1.38. The van der Waals surface area contributed by atoms with Crippen molar-refractivity contribution in [3.63, 3.8) is 0 Å². The molecular formula is C15H20N2O5S. The minimum atomic E-state index is -3.51. The van der Waals surface area contributed by atoms with Crippen molar-refractivity contribution in [1.82, 2.24) is 10.6 Å². The predicted octanol–water partition coefficient (Wildman–Crippen LogP) is 0.198. The molecule has 0 aliphatic carbocycles. The lowest BCUT2D eigenvalue weighted by Crippen LogP contribution is -2.57. The summed E-state index contributed by atoms with van der Waals surface area (Å²) >= 11 is 0. The van der Waals surface area contributed by atoms with Gasteiger partial charge in [0, 0.05) is 18.4 Å². The van der Waals surface area contributed by atoms with E-state index in [1.807, 2.05) is 12.1 Å². The van der Waals surface area contributed by atoms with Crippen molar-refractivity contribution in [2.24, 2.45) is 0 Å². The highest BCUT2D eigenvalue weighted by Gasteiger charge is 2.48. The van der Waals surface area contributed by atoms with E-state index in [0.29, 0.717) is 24.6 Å². The lowest BCUT2D eigenvalue weighted by Gasteiger charge is -2.34. The van der Waals surface area contributed by atoms with Crippen LogP contribution in [-0.2, 0) is 21.2 Å². The summed E-state index contributed by atoms with van der Waals surface area (Å²) in [7, 11) is -3.51. The zero-order valence-corrected chi connectivity index (χ0v) is 13.7. The van der Waals surface area contributed by atoms with Crippen LogP contribution in [0, 0.1) is 0 Å². The average Bonchev–Trinajstić information content (AvgIpc) is 3.01. The third-order valence-corrected chi connectivity index (χ3v) is 6.47. The fourth-order valence-corrected chi connectivity index (χ4v) is 4.42. The summed E-state index contributed by atoms with van der Waals surface area (Å²) in [6, 6.07) is 5.42. The molecule has 0 radical (unpaired) electrons. The molecule has 3 rings (SSSR count). The number of carbonyl (C=O) groups is 1. The van der Waals surface area contributed by atoms with Gasteiger partial charge < -0.3 is 20.1 Å². The second kappa shape index (κ2) is 6.01. The zero-order valence-electron chi connectivity index (χ0n) is 12.9. The summed E-state index contributed by atoms with van der Waals surface area (Å²) in [5.41, 5.74) is 0.769. The van der Waals surface area contributed by atoms with Crippen molar-refractivity contribution >= 4 is 15.7 Å². The van der Waals surface area contributed by atoms with Crippen LogP contribution in [0.5, 0.6) is 11.5 Å². The lowest BCUT2D eigenvalue weighted by atomic mass is 9.95. The minimum Gasteiger partial charge on any atom is -0.454 e. The Morgan fingerprint density at radius 2 is 2.04 bits per heavy atom. The zero-order chi connectivity index (χ0) is 16.5. The van der Waals surface area contributed by atoms with Crippen LogP contribution in [0.15, 0.2) is 18.2 Å². The van der Waals surface area contributed by atoms with Crippen molar-refractivity contribution in [1.29, 1.82) is 0 Å². The molecule has 0 bridgehead atoms. The normalized spacial score (nSPS) is 19.3. The number of piperidine rings is 1. The monoisotopic (exact) mass is 340 g/mol. The van der Waals surface area contributed by atoms with E-state index in [1.165, 1.54) is 0 Å². The van der Waals surface area contributed by atoms with Gasteiger partial charge in [0.15, 0.2) is 26.1 Å². The van der Waals surface area contributed by atoms with E-state index in [9.17, 15) is 13.2 Å². The standard InChI is InChI=1S/C15H20N2O5S/c1-23(19,20)15(5-7-16-8-6-15)14(18)17-9-11-3-2-4-12-13(11)22-10-21-12/h2-4,16H,5-10H2,1H3,(H,17,18). The molecule has 1 aromatic rings. The first-order chi connectivity index (χ1) is 10.9. The molecule has 2 aliphatic heterocycles. The molecule has 0 atom stereocenters. The molecule has 1 saturated heterocycles. The summed E-state index contributed by atoms with van der Waals surface area (Å²) in [6.07, 6.45) is 1.70. The minimum absolute atomic E-state index is 0.152. The van der Waals surface area contributed by atoms with E-state index in [4.69, 9.17) is 9.47 Å². The summed E-state index contributed by atoms with van der Waals surface area (Å²) in [5.74, 6) is 0.793. The Kier molecular flexibility index (Phi) is 4.20. The van der Waals surface area contributed by atoms with Gasteiger partial charge in [-0.15, -0.1) is 0 Å². The molecule has 8 heteroatoms. The van der Waals surface area contributed by atoms with Gasteiger partial charge in [-0.2, -0.15) is 0 Å². The van der Waals surface area contributed by atoms with Gasteiger partial charge in [0.1, 0.15) is 0 Å². The third-order valence-electron chi connectivity index (χ3n) is 4.45. The number of hydrogen-bond donors (Lipinski definition) is 2. The predicted molar refractivity (Wildman–Crippen MR) is 84.1 cm³/mol. The molecule has 1 fully saturated rings. The van der Waals surface area contributed by atoms with E-state index < -0.39 is 20.5 Å². The molecule has 1 amide bonds. The highest BCUT2D eigenvalue weighted by molar-refractivity contribution is 7.92. The Morgan fingerprint density at radius 1 is 1.30 bits per heavy atom. The van der Waals surface area contributed by atoms with E-state index in [1.54, 1.807) is 6.07 Å². The first kappa shape index (κ1) is 16.1. The number of para-hydroxylation sites is 1. The SMILES string of the molecule is CS(=O)(=O)C1(C(=O)NCc2cccc3c2OCO3)CCNCC1. The van der Waals surface area contributed by atoms with Gasteiger partial charge in [0.25, 0.3) is 0 Å². The molecule has 0 unspecified atom stereocenters. The molecule has 7 nitrogen and oxygen atoms in total. The number of rotatable bonds is 4. The van der Waals surface area contributed by atoms with Crippen LogP contribution in [0.3, 0.4) is 0 Å². The van der Waals surface area contributed by atoms with Gasteiger partial charge in [-0.05, 0) is 32.0 Å². The van der Waals surface area contributed by atoms with Crippen molar-refractivity contribution in [2.45, 2.75) is 24.1 Å². The second-order valence-corrected chi connectivity index (χ2v) is 8.18. The largest absolute Gasteiger partial charge is 0.454 e. The number of hydrogen-bond acceptors (Lipinski definition) is 6. The van der Waals surface area contributed by atoms with Gasteiger partial charge in [0.05, 0.1) is 0 Å². The second-order valence-electron chi connectivity index (χ2n) is 5.85. The Balaban J connectivity index is 1.77. The Hall–Kier alpha value is -1.80. The van der Waals surface area contributed by atoms with Crippen LogP contribution >= 0.6 is 0 Å². The fraction of sp³-hybridized carbons (Fsp3) is 0.533. The molecule has 0 aromatic heterocycles. The number of nitrogens with one attached hydrogen (secondary N) is 2. The first-order valence-electron chi connectivity index (χ1n) is 7.50. The van der Waals surface area contributed by atoms with E-state index in [-0.39, 0.29) is 26.2 Å². The number of ether oxygens (including phenoxy) is 2. The molecular weight excluding hydrogens is 320 g/mol. The van der Waals surface area contributed by atoms with Gasteiger partial charge in [-0.3, -0.25) is 4.79 Å². The van der Waals surface area contributed by atoms with E-state index in [2.05, 4.69) is 10.6 Å². The molecule has 23 heavy (non-hydrogen) atoms. The number of fused-ring (bicyclic) bond motifs is 1. The third kappa shape index (κ3) is 2.88. The summed E-state index contributed by atoms with van der Waals surface area (Å²) in [5, 5.41) is 5.86. The van der Waals surface area contributed by atoms with E-state index in [0.717, 1.165) is 11.8 Å². The fourth-order valence-electron chi connectivity index (χ4n) is 3.06. The highest BCUT2D eigenvalue weighted by atomic mass is 32.2. The molecule has 1 aromatic carbocycles. The summed E-state index contributed by atoms with van der Waals surface area (Å²) in [4.78, 5) is 12.7. The molecule has 0 saturated carbocycles. The Labute approximate surface area is 135 Å². The molecule has 126 valence electrons. The van der Waals surface area contributed by atoms with Crippen LogP contribution in [0.4, 0.5) is 0 Å². The van der Waals surface area contributed by atoms with Gasteiger partial charge in [-0.1, -0.05) is 12.1 Å². The smallest absolute Gasteiger partial charge is 0.241 e. The van der Waals surface area contributed by atoms with Crippen LogP contribution in [-0.4, -0.2) is 45.2 Å². The maximum atomic E-state index is 12.7. The van der Waals surface area contributed by atoms with Crippen molar-refractivity contribution in [2.75, 3.05) is 26.1 Å². The quantitative estimate of drug-likeness (QED) is 0.813. The number of amides is 1. The average molecular weight is 340 g/mol. The summed E-state index contributed by atoms with van der Waals surface area (Å²) < 4.78 is 33.8.